The number of amides is 2. The van der Waals surface area contributed by atoms with Crippen LogP contribution in [0.25, 0.3) is 0 Å². The number of nitrogens with one attached hydrogen (secondary N) is 2. The van der Waals surface area contributed by atoms with Crippen molar-refractivity contribution < 1.29 is 23.9 Å². The molecule has 2 N–H and O–H groups in total. The fraction of sp³-hybridized carbons (Fsp3) is 0.615. The minimum absolute atomic E-state index is 0.0230. The first-order valence-corrected chi connectivity index (χ1v) is 13.7. The van der Waals surface area contributed by atoms with Crippen LogP contribution in [-0.2, 0) is 23.9 Å². The summed E-state index contributed by atoms with van der Waals surface area (Å²) in [6.07, 6.45) is 0.848. The van der Waals surface area contributed by atoms with Gasteiger partial charge in [-0.2, -0.15) is 5.26 Å². The number of carbonyl (C=O) groups excluding carboxylic acids is 3. The Morgan fingerprint density at radius 1 is 1.27 bits per heavy atom. The molecule has 1 aliphatic heterocycles. The second-order valence-electron chi connectivity index (χ2n) is 8.58. The summed E-state index contributed by atoms with van der Waals surface area (Å²) in [5.41, 5.74) is 1.54. The van der Waals surface area contributed by atoms with Gasteiger partial charge in [-0.25, -0.2) is 0 Å². The molecule has 2 rings (SSSR count). The van der Waals surface area contributed by atoms with E-state index in [1.165, 1.54) is 11.8 Å². The lowest BCUT2D eigenvalue weighted by atomic mass is 10.1. The molecule has 1 saturated heterocycles. The number of hydrogen-bond acceptors (Lipinski definition) is 9. The molecule has 0 saturated carbocycles. The smallest absolute Gasteiger partial charge is 0.323 e. The van der Waals surface area contributed by atoms with Crippen LogP contribution >= 0.6 is 11.8 Å². The van der Waals surface area contributed by atoms with Crippen LogP contribution in [0.5, 0.6) is 0 Å². The molecule has 1 heterocycles. The van der Waals surface area contributed by atoms with E-state index in [9.17, 15) is 19.6 Å². The van der Waals surface area contributed by atoms with Crippen LogP contribution in [0.4, 0.5) is 11.4 Å². The summed E-state index contributed by atoms with van der Waals surface area (Å²) in [5.74, 6) is -1.50. The zero-order valence-electron chi connectivity index (χ0n) is 22.2. The van der Waals surface area contributed by atoms with Gasteiger partial charge in [0.1, 0.15) is 5.92 Å². The maximum absolute atomic E-state index is 12.9. The fourth-order valence-electron chi connectivity index (χ4n) is 4.06. The summed E-state index contributed by atoms with van der Waals surface area (Å²) in [4.78, 5) is 41.2. The molecular formula is C26H39N5O5S. The quantitative estimate of drug-likeness (QED) is 0.309. The van der Waals surface area contributed by atoms with Crippen molar-refractivity contribution in [1.82, 2.24) is 9.80 Å². The highest BCUT2D eigenvalue weighted by Crippen LogP contribution is 2.37. The van der Waals surface area contributed by atoms with Gasteiger partial charge in [0.15, 0.2) is 0 Å². The minimum Gasteiger partial charge on any atom is -0.465 e. The second-order valence-corrected chi connectivity index (χ2v) is 9.96. The summed E-state index contributed by atoms with van der Waals surface area (Å²) < 4.78 is 10.1. The van der Waals surface area contributed by atoms with Gasteiger partial charge in [-0.15, -0.1) is 11.8 Å². The summed E-state index contributed by atoms with van der Waals surface area (Å²) in [6, 6.07) is 9.49. The van der Waals surface area contributed by atoms with Crippen molar-refractivity contribution >= 4 is 40.9 Å². The highest BCUT2D eigenvalue weighted by molar-refractivity contribution is 8.01. The fourth-order valence-corrected chi connectivity index (χ4v) is 5.64. The lowest BCUT2D eigenvalue weighted by Gasteiger charge is -2.23. The molecule has 2 amide bonds. The number of thioether (sulfide) groups is 1. The molecule has 1 aromatic carbocycles. The Hall–Kier alpha value is -2.81. The summed E-state index contributed by atoms with van der Waals surface area (Å²) in [6.45, 7) is 9.21. The lowest BCUT2D eigenvalue weighted by molar-refractivity contribution is -0.146. The molecule has 0 spiro atoms. The Balaban J connectivity index is 1.88. The molecule has 3 unspecified atom stereocenters. The molecule has 0 bridgehead atoms. The van der Waals surface area contributed by atoms with Crippen molar-refractivity contribution in [3.63, 3.8) is 0 Å². The molecule has 0 aromatic heterocycles. The largest absolute Gasteiger partial charge is 0.465 e. The van der Waals surface area contributed by atoms with Crippen LogP contribution in [0.15, 0.2) is 24.3 Å². The molecule has 1 aliphatic rings. The van der Waals surface area contributed by atoms with E-state index in [2.05, 4.69) is 10.6 Å². The normalized spacial score (nSPS) is 17.9. The van der Waals surface area contributed by atoms with Crippen LogP contribution in [0.1, 0.15) is 33.6 Å². The van der Waals surface area contributed by atoms with Gasteiger partial charge >= 0.3 is 5.97 Å². The van der Waals surface area contributed by atoms with Gasteiger partial charge in [-0.1, -0.05) is 13.0 Å². The Kier molecular flexibility index (Phi) is 13.3. The van der Waals surface area contributed by atoms with Gasteiger partial charge < -0.3 is 25.0 Å². The zero-order valence-corrected chi connectivity index (χ0v) is 23.0. The van der Waals surface area contributed by atoms with E-state index in [1.807, 2.05) is 49.1 Å². The molecule has 37 heavy (non-hydrogen) atoms. The molecule has 10 nitrogen and oxygen atoms in total. The Morgan fingerprint density at radius 2 is 2.03 bits per heavy atom. The first-order valence-electron chi connectivity index (χ1n) is 12.7. The highest BCUT2D eigenvalue weighted by atomic mass is 32.2. The van der Waals surface area contributed by atoms with Crippen molar-refractivity contribution in [2.24, 2.45) is 5.92 Å². The van der Waals surface area contributed by atoms with Crippen molar-refractivity contribution in [1.29, 1.82) is 5.26 Å². The van der Waals surface area contributed by atoms with Gasteiger partial charge in [0.05, 0.1) is 36.5 Å². The molecule has 11 heteroatoms. The van der Waals surface area contributed by atoms with Crippen molar-refractivity contribution in [2.45, 2.75) is 44.2 Å². The molecule has 3 atom stereocenters. The number of esters is 1. The summed E-state index contributed by atoms with van der Waals surface area (Å²) in [5, 5.41) is 15.2. The first kappa shape index (κ1) is 30.4. The van der Waals surface area contributed by atoms with Gasteiger partial charge in [0.25, 0.3) is 0 Å². The molecular weight excluding hydrogens is 494 g/mol. The van der Waals surface area contributed by atoms with Crippen LogP contribution in [0.3, 0.4) is 0 Å². The minimum atomic E-state index is -0.890. The summed E-state index contributed by atoms with van der Waals surface area (Å²) in [7, 11) is 1.64. The second kappa shape index (κ2) is 16.1. The number of nitrogens with zero attached hydrogens (tertiary/aromatic N) is 3. The Labute approximate surface area is 224 Å². The van der Waals surface area contributed by atoms with Crippen LogP contribution in [-0.4, -0.2) is 91.3 Å². The van der Waals surface area contributed by atoms with Gasteiger partial charge in [0, 0.05) is 44.5 Å². The van der Waals surface area contributed by atoms with Gasteiger partial charge in [0.2, 0.25) is 11.8 Å². The third kappa shape index (κ3) is 9.54. The van der Waals surface area contributed by atoms with E-state index in [-0.39, 0.29) is 42.0 Å². The van der Waals surface area contributed by atoms with Crippen LogP contribution < -0.4 is 10.6 Å². The number of likely N-dealkylation sites (N-methyl/N-ethyl adjacent to an activating group) is 1. The van der Waals surface area contributed by atoms with Crippen LogP contribution in [0.2, 0.25) is 0 Å². The third-order valence-corrected chi connectivity index (χ3v) is 7.57. The third-order valence-electron chi connectivity index (χ3n) is 6.04. The number of carbonyl (C=O) groups is 3. The van der Waals surface area contributed by atoms with Gasteiger partial charge in [-0.3, -0.25) is 19.3 Å². The standard InChI is InChI=1S/C26H39N5O5S/c1-5-30(13-14-35-4)18-23(32)29-21-10-8-9-20(16-21)28-12-11-22-25(33)31(6-2)24(37-22)15-19(17-27)26(34)36-7-3/h8-10,16,19,22,24,28H,5-7,11-15,18H2,1-4H3,(H,29,32). The van der Waals surface area contributed by atoms with Gasteiger partial charge in [-0.05, 0) is 45.0 Å². The maximum atomic E-state index is 12.9. The number of benzene rings is 1. The number of ether oxygens (including phenoxy) is 2. The van der Waals surface area contributed by atoms with Crippen molar-refractivity contribution in [3.8, 4) is 6.07 Å². The van der Waals surface area contributed by atoms with E-state index in [1.54, 1.807) is 18.9 Å². The number of hydrogen-bond donors (Lipinski definition) is 2. The zero-order chi connectivity index (χ0) is 27.2. The highest BCUT2D eigenvalue weighted by Gasteiger charge is 2.41. The average molecular weight is 534 g/mol. The lowest BCUT2D eigenvalue weighted by Crippen LogP contribution is -2.36. The average Bonchev–Trinajstić information content (AvgIpc) is 3.18. The predicted molar refractivity (Wildman–Crippen MR) is 145 cm³/mol. The van der Waals surface area contributed by atoms with Crippen molar-refractivity contribution in [2.75, 3.05) is 63.7 Å². The molecule has 1 aromatic rings. The predicted octanol–water partition coefficient (Wildman–Crippen LogP) is 2.78. The molecule has 204 valence electrons. The summed E-state index contributed by atoms with van der Waals surface area (Å²) >= 11 is 1.50. The molecule has 0 radical (unpaired) electrons. The topological polar surface area (TPSA) is 124 Å². The molecule has 1 fully saturated rings. The van der Waals surface area contributed by atoms with E-state index in [4.69, 9.17) is 9.47 Å². The first-order chi connectivity index (χ1) is 17.9. The van der Waals surface area contributed by atoms with Crippen molar-refractivity contribution in [3.05, 3.63) is 24.3 Å². The molecule has 0 aliphatic carbocycles. The Bertz CT molecular complexity index is 940. The SMILES string of the molecule is CCOC(=O)C(C#N)CC1SC(CCNc2cccc(NC(=O)CN(CC)CCOC)c2)C(=O)N1CC. The monoisotopic (exact) mass is 533 g/mol. The Morgan fingerprint density at radius 3 is 2.68 bits per heavy atom. The van der Waals surface area contributed by atoms with E-state index >= 15 is 0 Å². The van der Waals surface area contributed by atoms with E-state index in [0.717, 1.165) is 12.2 Å². The number of anilines is 2. The van der Waals surface area contributed by atoms with Crippen LogP contribution in [0, 0.1) is 17.2 Å². The number of rotatable bonds is 16. The van der Waals surface area contributed by atoms with E-state index < -0.39 is 11.9 Å². The number of methoxy groups -OCH3 is 1. The van der Waals surface area contributed by atoms with E-state index in [0.29, 0.717) is 38.3 Å². The maximum Gasteiger partial charge on any atom is 0.323 e. The number of nitriles is 1.